The fraction of sp³-hybridized carbons (Fsp3) is 0. The lowest BCUT2D eigenvalue weighted by atomic mass is 9.80. The van der Waals surface area contributed by atoms with Crippen LogP contribution in [0.15, 0.2) is 23.1 Å². The second-order valence-corrected chi connectivity index (χ2v) is 4.34. The lowest BCUT2D eigenvalue weighted by molar-refractivity contribution is 0.500. The van der Waals surface area contributed by atoms with Gasteiger partial charge in [0, 0.05) is 0 Å². The second-order valence-electron chi connectivity index (χ2n) is 2.81. The third-order valence-electron chi connectivity index (χ3n) is 1.64. The molecule has 0 unspecified atom stereocenters. The van der Waals surface area contributed by atoms with Gasteiger partial charge < -0.3 is 12.9 Å². The molecule has 0 atom stereocenters. The number of benzene rings is 1. The Morgan fingerprint density at radius 2 is 1.73 bits per heavy atom. The summed E-state index contributed by atoms with van der Waals surface area (Å²) < 4.78 is 70.8. The van der Waals surface area contributed by atoms with Gasteiger partial charge in [-0.05, 0) is 6.07 Å². The Balaban J connectivity index is 3.43. The summed E-state index contributed by atoms with van der Waals surface area (Å²) in [6, 6.07) is 1.07. The van der Waals surface area contributed by atoms with Crippen molar-refractivity contribution in [1.82, 2.24) is 0 Å². The normalized spacial score (nSPS) is 12.9. The van der Waals surface area contributed by atoms with Crippen molar-refractivity contribution < 1.29 is 25.8 Å². The van der Waals surface area contributed by atoms with Crippen molar-refractivity contribution in [2.24, 2.45) is 5.14 Å². The van der Waals surface area contributed by atoms with Crippen LogP contribution in [0.1, 0.15) is 0 Å². The van der Waals surface area contributed by atoms with Gasteiger partial charge in [0.05, 0.1) is 0 Å². The molecule has 0 spiro atoms. The molecule has 0 aromatic heterocycles. The molecule has 84 valence electrons. The molecule has 1 aromatic carbocycles. The highest BCUT2D eigenvalue weighted by Crippen LogP contribution is 2.15. The van der Waals surface area contributed by atoms with Gasteiger partial charge in [0.25, 0.3) is 0 Å². The molecule has 0 saturated heterocycles. The van der Waals surface area contributed by atoms with E-state index in [-0.39, 0.29) is 6.07 Å². The number of primary sulfonamides is 1. The van der Waals surface area contributed by atoms with E-state index in [1.54, 1.807) is 0 Å². The van der Waals surface area contributed by atoms with Crippen LogP contribution in [0.3, 0.4) is 0 Å². The van der Waals surface area contributed by atoms with Crippen molar-refractivity contribution in [3.8, 4) is 0 Å². The molecule has 1 aromatic rings. The molecule has 0 heterocycles. The highest BCUT2D eigenvalue weighted by Gasteiger charge is 2.27. The van der Waals surface area contributed by atoms with E-state index < -0.39 is 33.2 Å². The van der Waals surface area contributed by atoms with Crippen LogP contribution in [0.2, 0.25) is 0 Å². The summed E-state index contributed by atoms with van der Waals surface area (Å²) in [6.45, 7) is -5.38. The highest BCUT2D eigenvalue weighted by atomic mass is 32.2. The van der Waals surface area contributed by atoms with Crippen molar-refractivity contribution in [3.63, 3.8) is 0 Å². The predicted octanol–water partition coefficient (Wildman–Crippen LogP) is 0.528. The minimum absolute atomic E-state index is 0.185. The standard InChI is InChI=1S/C6H5BF4NO2S/c8-5-2-1-4(7(9,10)11)3-6(5)15(12,13)14/h1-3H,(H2,12,13,14)/q-1. The van der Waals surface area contributed by atoms with Gasteiger partial charge in [0.2, 0.25) is 10.0 Å². The smallest absolute Gasteiger partial charge is 0.445 e. The van der Waals surface area contributed by atoms with Gasteiger partial charge in [-0.3, -0.25) is 0 Å². The Morgan fingerprint density at radius 1 is 1.20 bits per heavy atom. The van der Waals surface area contributed by atoms with E-state index >= 15 is 0 Å². The van der Waals surface area contributed by atoms with E-state index in [1.807, 2.05) is 0 Å². The number of halogens is 4. The van der Waals surface area contributed by atoms with E-state index in [0.29, 0.717) is 12.1 Å². The monoisotopic (exact) mass is 242 g/mol. The van der Waals surface area contributed by atoms with Crippen LogP contribution in [0.4, 0.5) is 17.3 Å². The molecule has 0 fully saturated rings. The van der Waals surface area contributed by atoms with E-state index in [9.17, 15) is 25.8 Å². The Bertz CT molecular complexity index is 484. The molecule has 15 heavy (non-hydrogen) atoms. The van der Waals surface area contributed by atoms with Crippen molar-refractivity contribution in [1.29, 1.82) is 0 Å². The van der Waals surface area contributed by atoms with E-state index in [0.717, 1.165) is 0 Å². The summed E-state index contributed by atoms with van der Waals surface area (Å²) in [7, 11) is -4.48. The maximum absolute atomic E-state index is 12.8. The predicted molar refractivity (Wildman–Crippen MR) is 46.5 cm³/mol. The molecular weight excluding hydrogens is 237 g/mol. The van der Waals surface area contributed by atoms with Crippen LogP contribution in [-0.2, 0) is 10.0 Å². The molecule has 9 heteroatoms. The van der Waals surface area contributed by atoms with Gasteiger partial charge >= 0.3 is 6.98 Å². The molecule has 0 bridgehead atoms. The van der Waals surface area contributed by atoms with Crippen LogP contribution in [0.25, 0.3) is 0 Å². The fourth-order valence-corrected chi connectivity index (χ4v) is 1.58. The van der Waals surface area contributed by atoms with Crippen LogP contribution in [0.5, 0.6) is 0 Å². The first-order chi connectivity index (χ1) is 6.62. The molecule has 0 aliphatic heterocycles. The van der Waals surface area contributed by atoms with Gasteiger partial charge in [-0.1, -0.05) is 12.1 Å². The Morgan fingerprint density at radius 3 is 2.13 bits per heavy atom. The zero-order valence-electron chi connectivity index (χ0n) is 7.12. The summed E-state index contributed by atoms with van der Waals surface area (Å²) in [5, 5.41) is 4.54. The Hall–Kier alpha value is -1.09. The molecule has 1 rings (SSSR count). The topological polar surface area (TPSA) is 60.2 Å². The van der Waals surface area contributed by atoms with Crippen LogP contribution < -0.4 is 10.6 Å². The van der Waals surface area contributed by atoms with Crippen molar-refractivity contribution >= 4 is 22.5 Å². The molecule has 0 saturated carbocycles. The lowest BCUT2D eigenvalue weighted by Gasteiger charge is -2.15. The zero-order chi connectivity index (χ0) is 11.9. The van der Waals surface area contributed by atoms with Gasteiger partial charge in [0.15, 0.2) is 0 Å². The molecule has 0 radical (unpaired) electrons. The third-order valence-corrected chi connectivity index (χ3v) is 2.57. The SMILES string of the molecule is NS(=O)(=O)c1cc([B-](F)(F)F)ccc1F. The molecule has 0 aliphatic carbocycles. The lowest BCUT2D eigenvalue weighted by Crippen LogP contribution is -2.35. The van der Waals surface area contributed by atoms with Crippen LogP contribution >= 0.6 is 0 Å². The van der Waals surface area contributed by atoms with Crippen LogP contribution in [0, 0.1) is 5.82 Å². The molecule has 2 N–H and O–H groups in total. The van der Waals surface area contributed by atoms with Gasteiger partial charge in [-0.2, -0.15) is 0 Å². The summed E-state index contributed by atoms with van der Waals surface area (Å²) in [5.41, 5.74) is -1.21. The molecule has 0 aliphatic rings. The van der Waals surface area contributed by atoms with Crippen LogP contribution in [-0.4, -0.2) is 15.4 Å². The number of nitrogens with two attached hydrogens (primary N) is 1. The fourth-order valence-electron chi connectivity index (χ4n) is 0.942. The minimum atomic E-state index is -5.38. The number of sulfonamides is 1. The largest absolute Gasteiger partial charge is 0.509 e. The summed E-state index contributed by atoms with van der Waals surface area (Å²) in [4.78, 5) is -1.15. The summed E-state index contributed by atoms with van der Waals surface area (Å²) in [6.07, 6.45) is 0. The number of hydrogen-bond acceptors (Lipinski definition) is 2. The number of rotatable bonds is 2. The van der Waals surface area contributed by atoms with E-state index in [2.05, 4.69) is 5.14 Å². The average Bonchev–Trinajstić information content (AvgIpc) is 2.00. The highest BCUT2D eigenvalue weighted by molar-refractivity contribution is 7.89. The van der Waals surface area contributed by atoms with E-state index in [1.165, 1.54) is 0 Å². The molecular formula is C6H5BF4NO2S-. The average molecular weight is 242 g/mol. The maximum Gasteiger partial charge on any atom is 0.509 e. The third kappa shape index (κ3) is 2.69. The van der Waals surface area contributed by atoms with Gasteiger partial charge in [0.1, 0.15) is 10.7 Å². The summed E-state index contributed by atoms with van der Waals surface area (Å²) in [5.74, 6) is -1.30. The van der Waals surface area contributed by atoms with Crippen molar-refractivity contribution in [3.05, 3.63) is 24.0 Å². The van der Waals surface area contributed by atoms with E-state index in [4.69, 9.17) is 0 Å². The first kappa shape index (κ1) is 12.0. The minimum Gasteiger partial charge on any atom is -0.445 e. The first-order valence-corrected chi connectivity index (χ1v) is 5.19. The summed E-state index contributed by atoms with van der Waals surface area (Å²) >= 11 is 0. The molecule has 3 nitrogen and oxygen atoms in total. The molecule has 0 amide bonds. The first-order valence-electron chi connectivity index (χ1n) is 3.64. The second kappa shape index (κ2) is 3.49. The Labute approximate surface area is 83.0 Å². The van der Waals surface area contributed by atoms with Gasteiger partial charge in [-0.15, -0.1) is 5.46 Å². The Kier molecular flexibility index (Phi) is 2.79. The van der Waals surface area contributed by atoms with Crippen molar-refractivity contribution in [2.75, 3.05) is 0 Å². The van der Waals surface area contributed by atoms with Crippen molar-refractivity contribution in [2.45, 2.75) is 4.90 Å². The quantitative estimate of drug-likeness (QED) is 0.607. The maximum atomic E-state index is 12.8. The number of hydrogen-bond donors (Lipinski definition) is 1. The zero-order valence-corrected chi connectivity index (χ0v) is 7.94. The van der Waals surface area contributed by atoms with Gasteiger partial charge in [-0.25, -0.2) is 17.9 Å².